The fraction of sp³-hybridized carbons (Fsp3) is 0.0588. The minimum absolute atomic E-state index is 0.0341. The number of hydrogen-bond acceptors (Lipinski definition) is 7. The summed E-state index contributed by atoms with van der Waals surface area (Å²) in [6.07, 6.45) is 1.40. The Hall–Kier alpha value is -3.44. The number of fused-ring (bicyclic) bond motifs is 2. The van der Waals surface area contributed by atoms with Gasteiger partial charge in [0.2, 0.25) is 5.88 Å². The predicted molar refractivity (Wildman–Crippen MR) is 94.2 cm³/mol. The van der Waals surface area contributed by atoms with E-state index in [2.05, 4.69) is 19.9 Å². The number of ether oxygens (including phenoxy) is 1. The lowest BCUT2D eigenvalue weighted by Gasteiger charge is -2.06. The largest absolute Gasteiger partial charge is 0.507 e. The molecule has 0 atom stereocenters. The zero-order valence-electron chi connectivity index (χ0n) is 12.8. The number of para-hydroxylation sites is 2. The Labute approximate surface area is 145 Å². The minimum Gasteiger partial charge on any atom is -0.507 e. The molecule has 4 aromatic rings. The molecule has 0 unspecified atom stereocenters. The van der Waals surface area contributed by atoms with E-state index in [0.717, 1.165) is 21.3 Å². The summed E-state index contributed by atoms with van der Waals surface area (Å²) in [4.78, 5) is 16.4. The molecule has 25 heavy (non-hydrogen) atoms. The van der Waals surface area contributed by atoms with E-state index in [0.29, 0.717) is 11.7 Å². The van der Waals surface area contributed by atoms with Crippen molar-refractivity contribution in [3.8, 4) is 11.9 Å². The number of aromatic nitrogens is 4. The molecule has 0 amide bonds. The number of allylic oxidation sites excluding steroid dienone is 1. The standard InChI is InChI=1S/C17H11N5O2S/c18-7-11(15-21-12-3-1-2-4-13(12)22-15)14(23)8-24-16-10-5-6-25-17(10)20-9-19-16/h1-6,9,23H,8H2,(H,21,22)/b14-11-. The second-order valence-corrected chi connectivity index (χ2v) is 6.04. The molecule has 0 spiro atoms. The van der Waals surface area contributed by atoms with E-state index in [1.54, 1.807) is 0 Å². The summed E-state index contributed by atoms with van der Waals surface area (Å²) in [6, 6.07) is 11.2. The van der Waals surface area contributed by atoms with Crippen LogP contribution in [-0.2, 0) is 0 Å². The first-order valence-corrected chi connectivity index (χ1v) is 8.22. The van der Waals surface area contributed by atoms with Crippen LogP contribution >= 0.6 is 11.3 Å². The summed E-state index contributed by atoms with van der Waals surface area (Å²) in [5, 5.41) is 22.4. The Bertz CT molecular complexity index is 1110. The average Bonchev–Trinajstić information content (AvgIpc) is 3.27. The Morgan fingerprint density at radius 2 is 2.16 bits per heavy atom. The van der Waals surface area contributed by atoms with E-state index in [9.17, 15) is 10.4 Å². The molecular formula is C17H11N5O2S. The van der Waals surface area contributed by atoms with E-state index in [4.69, 9.17) is 4.74 Å². The number of nitriles is 1. The molecule has 3 heterocycles. The molecule has 0 bridgehead atoms. The predicted octanol–water partition coefficient (Wildman–Crippen LogP) is 3.44. The molecule has 0 aliphatic rings. The second kappa shape index (κ2) is 6.22. The first-order valence-electron chi connectivity index (χ1n) is 7.34. The zero-order chi connectivity index (χ0) is 17.2. The lowest BCUT2D eigenvalue weighted by atomic mass is 10.2. The molecule has 0 aliphatic heterocycles. The number of aliphatic hydroxyl groups is 1. The van der Waals surface area contributed by atoms with E-state index in [-0.39, 0.29) is 17.9 Å². The fourth-order valence-corrected chi connectivity index (χ4v) is 3.14. The first-order chi connectivity index (χ1) is 12.3. The average molecular weight is 349 g/mol. The van der Waals surface area contributed by atoms with Crippen molar-refractivity contribution in [3.63, 3.8) is 0 Å². The quantitative estimate of drug-likeness (QED) is 0.432. The van der Waals surface area contributed by atoms with E-state index < -0.39 is 0 Å². The molecule has 0 radical (unpaired) electrons. The molecule has 7 nitrogen and oxygen atoms in total. The number of nitrogens with one attached hydrogen (secondary N) is 1. The molecule has 2 N–H and O–H groups in total. The van der Waals surface area contributed by atoms with Gasteiger partial charge in [0.05, 0.1) is 16.4 Å². The van der Waals surface area contributed by atoms with Crippen molar-refractivity contribution < 1.29 is 9.84 Å². The number of benzene rings is 1. The topological polar surface area (TPSA) is 108 Å². The highest BCUT2D eigenvalue weighted by Gasteiger charge is 2.15. The van der Waals surface area contributed by atoms with Gasteiger partial charge in [-0.1, -0.05) is 12.1 Å². The van der Waals surface area contributed by atoms with Crippen molar-refractivity contribution in [1.29, 1.82) is 5.26 Å². The second-order valence-electron chi connectivity index (χ2n) is 5.14. The molecule has 1 aromatic carbocycles. The van der Waals surface area contributed by atoms with Gasteiger partial charge in [-0.3, -0.25) is 0 Å². The monoisotopic (exact) mass is 349 g/mol. The Morgan fingerprint density at radius 1 is 1.28 bits per heavy atom. The Balaban J connectivity index is 1.63. The fourth-order valence-electron chi connectivity index (χ4n) is 2.42. The van der Waals surface area contributed by atoms with Crippen LogP contribution in [-0.4, -0.2) is 31.6 Å². The lowest BCUT2D eigenvalue weighted by Crippen LogP contribution is -2.05. The summed E-state index contributed by atoms with van der Waals surface area (Å²) in [5.74, 6) is 0.441. The third kappa shape index (κ3) is 2.77. The normalized spacial score (nSPS) is 12.1. The van der Waals surface area contributed by atoms with Gasteiger partial charge in [0.25, 0.3) is 0 Å². The molecule has 8 heteroatoms. The van der Waals surface area contributed by atoms with Crippen molar-refractivity contribution in [3.05, 3.63) is 53.6 Å². The van der Waals surface area contributed by atoms with Crippen LogP contribution in [0, 0.1) is 11.3 Å². The SMILES string of the molecule is N#C/C(=C(/O)COc1ncnc2sccc12)c1nc2ccccc2[nH]1. The number of hydrogen-bond donors (Lipinski definition) is 2. The number of thiophene rings is 1. The van der Waals surface area contributed by atoms with Crippen LogP contribution in [0.4, 0.5) is 0 Å². The molecule has 0 saturated heterocycles. The third-order valence-corrected chi connectivity index (χ3v) is 4.42. The maximum atomic E-state index is 10.3. The van der Waals surface area contributed by atoms with Crippen molar-refractivity contribution in [2.24, 2.45) is 0 Å². The summed E-state index contributed by atoms with van der Waals surface area (Å²) in [7, 11) is 0. The molecular weight excluding hydrogens is 338 g/mol. The number of nitrogens with zero attached hydrogens (tertiary/aromatic N) is 4. The van der Waals surface area contributed by atoms with Gasteiger partial charge in [-0.15, -0.1) is 11.3 Å². The van der Waals surface area contributed by atoms with Gasteiger partial charge >= 0.3 is 0 Å². The number of aromatic amines is 1. The molecule has 3 aromatic heterocycles. The number of imidazole rings is 1. The van der Waals surface area contributed by atoms with Gasteiger partial charge in [-0.2, -0.15) is 5.26 Å². The van der Waals surface area contributed by atoms with Gasteiger partial charge < -0.3 is 14.8 Å². The smallest absolute Gasteiger partial charge is 0.225 e. The number of aliphatic hydroxyl groups excluding tert-OH is 1. The van der Waals surface area contributed by atoms with Crippen molar-refractivity contribution >= 4 is 38.2 Å². The summed E-state index contributed by atoms with van der Waals surface area (Å²) in [6.45, 7) is -0.193. The molecule has 4 rings (SSSR count). The van der Waals surface area contributed by atoms with Crippen LogP contribution in [0.1, 0.15) is 5.82 Å². The van der Waals surface area contributed by atoms with E-state index >= 15 is 0 Å². The van der Waals surface area contributed by atoms with Crippen molar-refractivity contribution in [2.75, 3.05) is 6.61 Å². The Kier molecular flexibility index (Phi) is 3.76. The van der Waals surface area contributed by atoms with E-state index in [1.165, 1.54) is 17.7 Å². The van der Waals surface area contributed by atoms with Gasteiger partial charge in [0.1, 0.15) is 29.4 Å². The van der Waals surface area contributed by atoms with Crippen molar-refractivity contribution in [2.45, 2.75) is 0 Å². The Morgan fingerprint density at radius 3 is 3.00 bits per heavy atom. The van der Waals surface area contributed by atoms with Crippen LogP contribution < -0.4 is 4.74 Å². The molecule has 122 valence electrons. The number of H-pyrrole nitrogens is 1. The minimum atomic E-state index is -0.219. The molecule has 0 fully saturated rings. The highest BCUT2D eigenvalue weighted by atomic mass is 32.1. The van der Waals surface area contributed by atoms with Gasteiger partial charge in [-0.05, 0) is 23.6 Å². The van der Waals surface area contributed by atoms with Crippen LogP contribution in [0.5, 0.6) is 5.88 Å². The zero-order valence-corrected chi connectivity index (χ0v) is 13.6. The van der Waals surface area contributed by atoms with Gasteiger partial charge in [0.15, 0.2) is 11.6 Å². The summed E-state index contributed by atoms with van der Waals surface area (Å²) >= 11 is 1.47. The highest BCUT2D eigenvalue weighted by Crippen LogP contribution is 2.26. The highest BCUT2D eigenvalue weighted by molar-refractivity contribution is 7.16. The van der Waals surface area contributed by atoms with Crippen LogP contribution in [0.15, 0.2) is 47.8 Å². The third-order valence-electron chi connectivity index (χ3n) is 3.60. The summed E-state index contributed by atoms with van der Waals surface area (Å²) < 4.78 is 5.57. The van der Waals surface area contributed by atoms with Crippen LogP contribution in [0.2, 0.25) is 0 Å². The van der Waals surface area contributed by atoms with Gasteiger partial charge in [-0.25, -0.2) is 15.0 Å². The van der Waals surface area contributed by atoms with Gasteiger partial charge in [0, 0.05) is 0 Å². The van der Waals surface area contributed by atoms with Crippen LogP contribution in [0.3, 0.4) is 0 Å². The van der Waals surface area contributed by atoms with Crippen LogP contribution in [0.25, 0.3) is 26.8 Å². The summed E-state index contributed by atoms with van der Waals surface area (Å²) in [5.41, 5.74) is 1.54. The first kappa shape index (κ1) is 15.1. The number of rotatable bonds is 4. The maximum Gasteiger partial charge on any atom is 0.225 e. The maximum absolute atomic E-state index is 10.3. The van der Waals surface area contributed by atoms with E-state index in [1.807, 2.05) is 41.8 Å². The molecule has 0 aliphatic carbocycles. The lowest BCUT2D eigenvalue weighted by molar-refractivity contribution is 0.267. The van der Waals surface area contributed by atoms with Crippen molar-refractivity contribution in [1.82, 2.24) is 19.9 Å². The molecule has 0 saturated carbocycles.